The Balaban J connectivity index is 1.72. The first-order chi connectivity index (χ1) is 9.20. The largest absolute Gasteiger partial charge is 0.374 e. The van der Waals surface area contributed by atoms with Gasteiger partial charge in [0, 0.05) is 30.2 Å². The second-order valence-corrected chi connectivity index (χ2v) is 7.55. The molecule has 3 aliphatic rings. The van der Waals surface area contributed by atoms with Crippen LogP contribution >= 0.6 is 11.8 Å². The predicted molar refractivity (Wildman–Crippen MR) is 78.6 cm³/mol. The van der Waals surface area contributed by atoms with Gasteiger partial charge in [-0.2, -0.15) is 11.8 Å². The van der Waals surface area contributed by atoms with E-state index in [1.54, 1.807) is 0 Å². The Bertz CT molecular complexity index is 346. The zero-order valence-electron chi connectivity index (χ0n) is 11.9. The Kier molecular flexibility index (Phi) is 3.93. The molecule has 3 aliphatic heterocycles. The number of hydrogen-bond donors (Lipinski definition) is 1. The number of hydrogen-bond acceptors (Lipinski definition) is 4. The van der Waals surface area contributed by atoms with Gasteiger partial charge in [-0.15, -0.1) is 0 Å². The second-order valence-electron chi connectivity index (χ2n) is 6.45. The molecule has 3 atom stereocenters. The van der Waals surface area contributed by atoms with E-state index in [0.29, 0.717) is 5.78 Å². The van der Waals surface area contributed by atoms with Gasteiger partial charge in [-0.1, -0.05) is 6.92 Å². The molecular formula is C15H25NO2S. The molecule has 1 spiro atoms. The second kappa shape index (κ2) is 5.38. The molecule has 0 radical (unpaired) electrons. The van der Waals surface area contributed by atoms with Crippen molar-refractivity contribution >= 4 is 17.5 Å². The lowest BCUT2D eigenvalue weighted by Crippen LogP contribution is -2.46. The molecule has 0 aromatic rings. The SMILES string of the molecule is CCC1(C(=O)C2CCOC3(CCSC3)C2)CCNC1. The number of thioether (sulfide) groups is 1. The Labute approximate surface area is 120 Å². The van der Waals surface area contributed by atoms with E-state index >= 15 is 0 Å². The molecule has 0 aromatic heterocycles. The minimum absolute atomic E-state index is 0.0320. The van der Waals surface area contributed by atoms with Crippen LogP contribution in [-0.4, -0.2) is 42.6 Å². The van der Waals surface area contributed by atoms with E-state index in [9.17, 15) is 4.79 Å². The molecule has 3 fully saturated rings. The topological polar surface area (TPSA) is 38.3 Å². The third-order valence-corrected chi connectivity index (χ3v) is 6.60. The van der Waals surface area contributed by atoms with Crippen molar-refractivity contribution in [2.45, 2.75) is 44.6 Å². The van der Waals surface area contributed by atoms with Crippen molar-refractivity contribution in [3.8, 4) is 0 Å². The molecule has 19 heavy (non-hydrogen) atoms. The van der Waals surface area contributed by atoms with Gasteiger partial charge in [0.15, 0.2) is 0 Å². The molecule has 3 heterocycles. The van der Waals surface area contributed by atoms with Crippen molar-refractivity contribution in [2.24, 2.45) is 11.3 Å². The van der Waals surface area contributed by atoms with E-state index in [0.717, 1.165) is 57.6 Å². The number of Topliss-reactive ketones (excluding diaryl/α,β-unsaturated/α-hetero) is 1. The lowest BCUT2D eigenvalue weighted by molar-refractivity contribution is -0.143. The van der Waals surface area contributed by atoms with Crippen LogP contribution < -0.4 is 5.32 Å². The fourth-order valence-corrected chi connectivity index (χ4v) is 5.36. The molecule has 4 heteroatoms. The first kappa shape index (κ1) is 13.9. The van der Waals surface area contributed by atoms with E-state index in [-0.39, 0.29) is 16.9 Å². The standard InChI is InChI=1S/C15H25NO2S/c1-2-14(4-6-16-10-14)13(17)12-3-7-18-15(9-12)5-8-19-11-15/h12,16H,2-11H2,1H3. The van der Waals surface area contributed by atoms with Crippen LogP contribution in [0.3, 0.4) is 0 Å². The Morgan fingerprint density at radius 1 is 1.47 bits per heavy atom. The number of carbonyl (C=O) groups is 1. The monoisotopic (exact) mass is 283 g/mol. The van der Waals surface area contributed by atoms with Crippen molar-refractivity contribution in [3.05, 3.63) is 0 Å². The van der Waals surface area contributed by atoms with E-state index in [4.69, 9.17) is 4.74 Å². The Morgan fingerprint density at radius 2 is 2.37 bits per heavy atom. The van der Waals surface area contributed by atoms with E-state index in [1.165, 1.54) is 5.75 Å². The molecule has 0 aliphatic carbocycles. The van der Waals surface area contributed by atoms with Crippen molar-refractivity contribution in [1.29, 1.82) is 0 Å². The molecule has 3 nitrogen and oxygen atoms in total. The maximum Gasteiger partial charge on any atom is 0.143 e. The van der Waals surface area contributed by atoms with Crippen molar-refractivity contribution in [1.82, 2.24) is 5.32 Å². The molecule has 0 aromatic carbocycles. The fraction of sp³-hybridized carbons (Fsp3) is 0.933. The van der Waals surface area contributed by atoms with Gasteiger partial charge in [0.1, 0.15) is 5.78 Å². The summed E-state index contributed by atoms with van der Waals surface area (Å²) in [5.74, 6) is 3.06. The van der Waals surface area contributed by atoms with Gasteiger partial charge >= 0.3 is 0 Å². The molecule has 108 valence electrons. The van der Waals surface area contributed by atoms with Crippen LogP contribution in [0.2, 0.25) is 0 Å². The molecule has 3 rings (SSSR count). The molecule has 3 unspecified atom stereocenters. The van der Waals surface area contributed by atoms with Crippen LogP contribution in [-0.2, 0) is 9.53 Å². The summed E-state index contributed by atoms with van der Waals surface area (Å²) in [5.41, 5.74) is -0.0425. The van der Waals surface area contributed by atoms with Crippen molar-refractivity contribution in [2.75, 3.05) is 31.2 Å². The number of rotatable bonds is 3. The molecular weight excluding hydrogens is 258 g/mol. The average Bonchev–Trinajstić information content (AvgIpc) is 3.08. The van der Waals surface area contributed by atoms with Gasteiger partial charge in [-0.25, -0.2) is 0 Å². The summed E-state index contributed by atoms with van der Waals surface area (Å²) in [5, 5.41) is 3.39. The van der Waals surface area contributed by atoms with E-state index in [2.05, 4.69) is 12.2 Å². The zero-order chi connectivity index (χ0) is 13.3. The highest BCUT2D eigenvalue weighted by molar-refractivity contribution is 7.99. The molecule has 0 bridgehead atoms. The number of ether oxygens (including phenoxy) is 1. The van der Waals surface area contributed by atoms with Gasteiger partial charge in [0.25, 0.3) is 0 Å². The minimum atomic E-state index is -0.0745. The first-order valence-corrected chi connectivity index (χ1v) is 8.82. The first-order valence-electron chi connectivity index (χ1n) is 7.66. The van der Waals surface area contributed by atoms with Gasteiger partial charge < -0.3 is 10.1 Å². The Morgan fingerprint density at radius 3 is 3.00 bits per heavy atom. The number of ketones is 1. The Hall–Kier alpha value is -0.0600. The van der Waals surface area contributed by atoms with Crippen LogP contribution in [0.4, 0.5) is 0 Å². The summed E-state index contributed by atoms with van der Waals surface area (Å²) < 4.78 is 6.05. The predicted octanol–water partition coefficient (Wildman–Crippen LogP) is 2.25. The average molecular weight is 283 g/mol. The molecule has 3 saturated heterocycles. The lowest BCUT2D eigenvalue weighted by atomic mass is 9.70. The van der Waals surface area contributed by atoms with Crippen molar-refractivity contribution in [3.63, 3.8) is 0 Å². The summed E-state index contributed by atoms with van der Waals surface area (Å²) >= 11 is 1.98. The van der Waals surface area contributed by atoms with Crippen LogP contribution in [0.25, 0.3) is 0 Å². The summed E-state index contributed by atoms with van der Waals surface area (Å²) in [6.07, 6.45) is 5.06. The maximum atomic E-state index is 13.0. The van der Waals surface area contributed by atoms with Crippen LogP contribution in [0.1, 0.15) is 39.0 Å². The highest BCUT2D eigenvalue weighted by Gasteiger charge is 2.48. The van der Waals surface area contributed by atoms with E-state index < -0.39 is 0 Å². The molecule has 0 amide bonds. The third-order valence-electron chi connectivity index (χ3n) is 5.37. The lowest BCUT2D eigenvalue weighted by Gasteiger charge is -2.40. The summed E-state index contributed by atoms with van der Waals surface area (Å²) in [6, 6.07) is 0. The zero-order valence-corrected chi connectivity index (χ0v) is 12.7. The third kappa shape index (κ3) is 2.47. The smallest absolute Gasteiger partial charge is 0.143 e. The molecule has 0 saturated carbocycles. The van der Waals surface area contributed by atoms with Crippen LogP contribution in [0.15, 0.2) is 0 Å². The van der Waals surface area contributed by atoms with Crippen molar-refractivity contribution < 1.29 is 9.53 Å². The summed E-state index contributed by atoms with van der Waals surface area (Å²) in [6.45, 7) is 4.85. The fourth-order valence-electron chi connectivity index (χ4n) is 3.98. The highest BCUT2D eigenvalue weighted by Crippen LogP contribution is 2.44. The van der Waals surface area contributed by atoms with E-state index in [1.807, 2.05) is 11.8 Å². The summed E-state index contributed by atoms with van der Waals surface area (Å²) in [7, 11) is 0. The molecule has 1 N–H and O–H groups in total. The van der Waals surface area contributed by atoms with Gasteiger partial charge in [-0.05, 0) is 44.4 Å². The maximum absolute atomic E-state index is 13.0. The quantitative estimate of drug-likeness (QED) is 0.862. The van der Waals surface area contributed by atoms with Crippen LogP contribution in [0.5, 0.6) is 0 Å². The number of nitrogens with one attached hydrogen (secondary N) is 1. The normalized spacial score (nSPS) is 42.9. The van der Waals surface area contributed by atoms with Gasteiger partial charge in [0.2, 0.25) is 0 Å². The summed E-state index contributed by atoms with van der Waals surface area (Å²) in [4.78, 5) is 13.0. The number of carbonyl (C=O) groups excluding carboxylic acids is 1. The van der Waals surface area contributed by atoms with Crippen LogP contribution in [0, 0.1) is 11.3 Å². The van der Waals surface area contributed by atoms with Gasteiger partial charge in [-0.3, -0.25) is 4.79 Å². The highest BCUT2D eigenvalue weighted by atomic mass is 32.2. The van der Waals surface area contributed by atoms with Gasteiger partial charge in [0.05, 0.1) is 5.60 Å². The minimum Gasteiger partial charge on any atom is -0.374 e.